The van der Waals surface area contributed by atoms with Crippen molar-refractivity contribution in [3.63, 3.8) is 0 Å². The highest BCUT2D eigenvalue weighted by molar-refractivity contribution is 5.75. The Balaban J connectivity index is 0.00000151. The maximum atomic E-state index is 11.6. The molecule has 2 heterocycles. The van der Waals surface area contributed by atoms with E-state index in [9.17, 15) is 9.59 Å². The van der Waals surface area contributed by atoms with E-state index in [1.165, 1.54) is 12.6 Å². The summed E-state index contributed by atoms with van der Waals surface area (Å²) in [6.45, 7) is 1.43. The first-order chi connectivity index (χ1) is 12.1. The monoisotopic (exact) mass is 350 g/mol. The summed E-state index contributed by atoms with van der Waals surface area (Å²) in [7, 11) is 1.50. The molecular formula is C18H30N4O3. The molecule has 1 aliphatic rings. The summed E-state index contributed by atoms with van der Waals surface area (Å²) in [4.78, 5) is 26.6. The predicted molar refractivity (Wildman–Crippen MR) is 98.6 cm³/mol. The largest absolute Gasteiger partial charge is 0.481 e. The highest BCUT2D eigenvalue weighted by atomic mass is 16.4. The average molecular weight is 350 g/mol. The fraction of sp³-hybridized carbons (Fsp3) is 0.611. The summed E-state index contributed by atoms with van der Waals surface area (Å²) in [5.41, 5.74) is 6.86. The zero-order valence-corrected chi connectivity index (χ0v) is 15.0. The maximum Gasteiger partial charge on any atom is 0.303 e. The molecule has 5 N–H and O–H groups in total. The summed E-state index contributed by atoms with van der Waals surface area (Å²) >= 11 is 0. The van der Waals surface area contributed by atoms with E-state index < -0.39 is 5.97 Å². The molecule has 0 fully saturated rings. The van der Waals surface area contributed by atoms with Crippen LogP contribution in [0.3, 0.4) is 0 Å². The van der Waals surface area contributed by atoms with Gasteiger partial charge in [0.25, 0.3) is 0 Å². The minimum Gasteiger partial charge on any atom is -0.481 e. The molecule has 7 nitrogen and oxygen atoms in total. The molecule has 0 atom stereocenters. The second kappa shape index (κ2) is 12.2. The lowest BCUT2D eigenvalue weighted by Crippen LogP contribution is -2.24. The van der Waals surface area contributed by atoms with E-state index >= 15 is 0 Å². The SMILES string of the molecule is CN.O=C(O)CCCNC(=O)CCCCc1ccc2c(n1)NCCC2. The zero-order valence-electron chi connectivity index (χ0n) is 15.0. The van der Waals surface area contributed by atoms with Crippen molar-refractivity contribution in [2.24, 2.45) is 5.73 Å². The molecule has 1 aromatic heterocycles. The van der Waals surface area contributed by atoms with Gasteiger partial charge < -0.3 is 21.5 Å². The normalized spacial score (nSPS) is 12.2. The van der Waals surface area contributed by atoms with Gasteiger partial charge in [-0.2, -0.15) is 0 Å². The molecule has 1 aliphatic heterocycles. The molecule has 1 amide bonds. The number of nitrogens with zero attached hydrogens (tertiary/aromatic N) is 1. The highest BCUT2D eigenvalue weighted by Gasteiger charge is 2.10. The van der Waals surface area contributed by atoms with Gasteiger partial charge in [0.1, 0.15) is 5.82 Å². The number of amides is 1. The molecule has 0 bridgehead atoms. The van der Waals surface area contributed by atoms with Crippen LogP contribution < -0.4 is 16.4 Å². The summed E-state index contributed by atoms with van der Waals surface area (Å²) in [5.74, 6) is 0.187. The van der Waals surface area contributed by atoms with Crippen LogP contribution in [-0.4, -0.2) is 42.1 Å². The lowest BCUT2D eigenvalue weighted by Gasteiger charge is -2.17. The van der Waals surface area contributed by atoms with Gasteiger partial charge in [-0.3, -0.25) is 9.59 Å². The van der Waals surface area contributed by atoms with Gasteiger partial charge in [0.05, 0.1) is 0 Å². The number of hydrogen-bond acceptors (Lipinski definition) is 5. The number of carbonyl (C=O) groups excluding carboxylic acids is 1. The Bertz CT molecular complexity index is 549. The molecule has 0 aliphatic carbocycles. The third-order valence-electron chi connectivity index (χ3n) is 3.93. The van der Waals surface area contributed by atoms with Crippen LogP contribution in [-0.2, 0) is 22.4 Å². The number of fused-ring (bicyclic) bond motifs is 1. The van der Waals surface area contributed by atoms with E-state index in [4.69, 9.17) is 5.11 Å². The number of carboxylic acids is 1. The molecule has 25 heavy (non-hydrogen) atoms. The number of aromatic nitrogens is 1. The molecule has 140 valence electrons. The number of aryl methyl sites for hydroxylation is 2. The van der Waals surface area contributed by atoms with Crippen LogP contribution in [0, 0.1) is 0 Å². The lowest BCUT2D eigenvalue weighted by atomic mass is 10.1. The smallest absolute Gasteiger partial charge is 0.303 e. The summed E-state index contributed by atoms with van der Waals surface area (Å²) in [6.07, 6.45) is 5.93. The van der Waals surface area contributed by atoms with Gasteiger partial charge in [-0.15, -0.1) is 0 Å². The van der Waals surface area contributed by atoms with Gasteiger partial charge in [-0.1, -0.05) is 6.07 Å². The van der Waals surface area contributed by atoms with Crippen LogP contribution in [0.2, 0.25) is 0 Å². The molecule has 0 saturated carbocycles. The van der Waals surface area contributed by atoms with E-state index in [2.05, 4.69) is 33.5 Å². The number of carboxylic acid groups (broad SMARTS) is 1. The summed E-state index contributed by atoms with van der Waals surface area (Å²) in [6, 6.07) is 4.23. The third-order valence-corrected chi connectivity index (χ3v) is 3.93. The molecular weight excluding hydrogens is 320 g/mol. The number of carbonyl (C=O) groups is 2. The third kappa shape index (κ3) is 8.49. The first-order valence-electron chi connectivity index (χ1n) is 8.94. The van der Waals surface area contributed by atoms with E-state index in [0.29, 0.717) is 19.4 Å². The fourth-order valence-electron chi connectivity index (χ4n) is 2.66. The molecule has 0 unspecified atom stereocenters. The molecule has 2 rings (SSSR count). The number of unbranched alkanes of at least 4 members (excludes halogenated alkanes) is 1. The number of nitrogens with one attached hydrogen (secondary N) is 2. The Morgan fingerprint density at radius 1 is 1.24 bits per heavy atom. The molecule has 1 aromatic rings. The number of aliphatic carboxylic acids is 1. The van der Waals surface area contributed by atoms with Crippen molar-refractivity contribution in [3.8, 4) is 0 Å². The minimum atomic E-state index is -0.828. The first kappa shape index (κ1) is 20.9. The molecule has 0 radical (unpaired) electrons. The van der Waals surface area contributed by atoms with Crippen LogP contribution in [0.1, 0.15) is 49.8 Å². The number of hydrogen-bond donors (Lipinski definition) is 4. The van der Waals surface area contributed by atoms with E-state index in [-0.39, 0.29) is 12.3 Å². The summed E-state index contributed by atoms with van der Waals surface area (Å²) in [5, 5.41) is 14.6. The number of rotatable bonds is 9. The topological polar surface area (TPSA) is 117 Å². The predicted octanol–water partition coefficient (Wildman–Crippen LogP) is 1.71. The minimum absolute atomic E-state index is 0.00421. The van der Waals surface area contributed by atoms with Gasteiger partial charge in [0.2, 0.25) is 5.91 Å². The van der Waals surface area contributed by atoms with Crippen molar-refractivity contribution in [2.45, 2.75) is 51.4 Å². The molecule has 0 aromatic carbocycles. The Morgan fingerprint density at radius 3 is 2.80 bits per heavy atom. The van der Waals surface area contributed by atoms with Crippen molar-refractivity contribution < 1.29 is 14.7 Å². The standard InChI is InChI=1S/C17H25N3O3.CH5N/c21-15(18-11-4-8-16(22)23)7-2-1-6-14-10-9-13-5-3-12-19-17(13)20-14;1-2/h9-10H,1-8,11-12H2,(H,18,21)(H,19,20)(H,22,23);2H2,1H3. The van der Waals surface area contributed by atoms with Gasteiger partial charge >= 0.3 is 5.97 Å². The van der Waals surface area contributed by atoms with Crippen LogP contribution in [0.15, 0.2) is 12.1 Å². The van der Waals surface area contributed by atoms with Gasteiger partial charge in [0.15, 0.2) is 0 Å². The van der Waals surface area contributed by atoms with Crippen LogP contribution in [0.25, 0.3) is 0 Å². The Labute approximate surface area is 149 Å². The van der Waals surface area contributed by atoms with Crippen molar-refractivity contribution in [1.29, 1.82) is 0 Å². The number of nitrogens with two attached hydrogens (primary N) is 1. The number of pyridine rings is 1. The summed E-state index contributed by atoms with van der Waals surface area (Å²) < 4.78 is 0. The Morgan fingerprint density at radius 2 is 2.04 bits per heavy atom. The van der Waals surface area contributed by atoms with E-state index in [1.807, 2.05) is 0 Å². The second-order valence-electron chi connectivity index (χ2n) is 5.90. The Hall–Kier alpha value is -2.15. The highest BCUT2D eigenvalue weighted by Crippen LogP contribution is 2.20. The second-order valence-corrected chi connectivity index (χ2v) is 5.90. The molecule has 0 spiro atoms. The number of anilines is 1. The zero-order chi connectivity index (χ0) is 18.5. The lowest BCUT2D eigenvalue weighted by molar-refractivity contribution is -0.137. The van der Waals surface area contributed by atoms with Crippen LogP contribution in [0.4, 0.5) is 5.82 Å². The van der Waals surface area contributed by atoms with E-state index in [1.54, 1.807) is 0 Å². The van der Waals surface area contributed by atoms with Crippen LogP contribution >= 0.6 is 0 Å². The van der Waals surface area contributed by atoms with Gasteiger partial charge in [0, 0.05) is 31.6 Å². The van der Waals surface area contributed by atoms with Crippen molar-refractivity contribution in [1.82, 2.24) is 10.3 Å². The van der Waals surface area contributed by atoms with Crippen LogP contribution in [0.5, 0.6) is 0 Å². The van der Waals surface area contributed by atoms with Gasteiger partial charge in [-0.05, 0) is 57.2 Å². The quantitative estimate of drug-likeness (QED) is 0.504. The average Bonchev–Trinajstić information content (AvgIpc) is 2.64. The van der Waals surface area contributed by atoms with Crippen molar-refractivity contribution >= 4 is 17.7 Å². The van der Waals surface area contributed by atoms with Crippen molar-refractivity contribution in [2.75, 3.05) is 25.5 Å². The van der Waals surface area contributed by atoms with Gasteiger partial charge in [-0.25, -0.2) is 4.98 Å². The fourth-order valence-corrected chi connectivity index (χ4v) is 2.66. The maximum absolute atomic E-state index is 11.6. The molecule has 0 saturated heterocycles. The molecule has 7 heteroatoms. The van der Waals surface area contributed by atoms with Crippen molar-refractivity contribution in [3.05, 3.63) is 23.4 Å². The first-order valence-corrected chi connectivity index (χ1v) is 8.94. The van der Waals surface area contributed by atoms with E-state index in [0.717, 1.165) is 50.2 Å². The Kier molecular flexibility index (Phi) is 10.2.